The monoisotopic (exact) mass is 424 g/mol. The molecule has 0 saturated carbocycles. The van der Waals surface area contributed by atoms with E-state index in [-0.39, 0.29) is 12.0 Å². The number of benzene rings is 3. The van der Waals surface area contributed by atoms with E-state index < -0.39 is 5.41 Å². The summed E-state index contributed by atoms with van der Waals surface area (Å²) < 4.78 is 6.03. The normalized spacial score (nSPS) is 16.0. The number of nitriles is 1. The van der Waals surface area contributed by atoms with Gasteiger partial charge in [0.15, 0.2) is 0 Å². The summed E-state index contributed by atoms with van der Waals surface area (Å²) in [7, 11) is 0. The molecule has 0 unspecified atom stereocenters. The topological polar surface area (TPSA) is 53.3 Å². The molecule has 3 aromatic rings. The average molecular weight is 425 g/mol. The van der Waals surface area contributed by atoms with Crippen LogP contribution < -0.4 is 0 Å². The van der Waals surface area contributed by atoms with Crippen molar-refractivity contribution in [1.82, 2.24) is 4.90 Å². The summed E-state index contributed by atoms with van der Waals surface area (Å²) in [6, 6.07) is 32.2. The van der Waals surface area contributed by atoms with Crippen LogP contribution in [-0.2, 0) is 21.6 Å². The van der Waals surface area contributed by atoms with E-state index in [0.29, 0.717) is 32.5 Å². The molecular weight excluding hydrogens is 396 g/mol. The third-order valence-corrected chi connectivity index (χ3v) is 6.26. The van der Waals surface area contributed by atoms with E-state index >= 15 is 0 Å². The van der Waals surface area contributed by atoms with Crippen molar-refractivity contribution in [3.8, 4) is 6.07 Å². The van der Waals surface area contributed by atoms with Gasteiger partial charge in [-0.25, -0.2) is 0 Å². The van der Waals surface area contributed by atoms with Gasteiger partial charge in [0.25, 0.3) is 0 Å². The van der Waals surface area contributed by atoms with Gasteiger partial charge in [-0.1, -0.05) is 91.0 Å². The highest BCUT2D eigenvalue weighted by atomic mass is 16.5. The van der Waals surface area contributed by atoms with E-state index in [1.807, 2.05) is 95.9 Å². The molecule has 0 radical (unpaired) electrons. The Labute approximate surface area is 190 Å². The van der Waals surface area contributed by atoms with E-state index in [0.717, 1.165) is 23.1 Å². The minimum atomic E-state index is -0.846. The zero-order valence-corrected chi connectivity index (χ0v) is 18.2. The Morgan fingerprint density at radius 3 is 2.06 bits per heavy atom. The van der Waals surface area contributed by atoms with Crippen molar-refractivity contribution in [1.29, 1.82) is 5.26 Å². The first-order valence-electron chi connectivity index (χ1n) is 11.2. The van der Waals surface area contributed by atoms with Crippen LogP contribution in [0.5, 0.6) is 0 Å². The van der Waals surface area contributed by atoms with Crippen molar-refractivity contribution in [2.75, 3.05) is 13.1 Å². The first-order valence-corrected chi connectivity index (χ1v) is 11.2. The quantitative estimate of drug-likeness (QED) is 0.506. The Morgan fingerprint density at radius 2 is 1.50 bits per heavy atom. The summed E-state index contributed by atoms with van der Waals surface area (Å²) in [6.45, 7) is 1.88. The molecule has 1 amide bonds. The van der Waals surface area contributed by atoms with E-state index in [4.69, 9.17) is 4.74 Å². The standard InChI is InChI=1S/C28H28N2O2/c29-22-28(24-12-6-2-7-13-24,25-14-8-3-9-15-25)18-16-27(31)30-19-17-26(20-30)32-21-23-10-4-1-5-11-23/h1-15,26H,16-21H2/t26-/m1/s1. The van der Waals surface area contributed by atoms with E-state index in [1.54, 1.807) is 0 Å². The maximum atomic E-state index is 13.1. The Hall–Kier alpha value is -3.42. The molecule has 1 heterocycles. The zero-order valence-electron chi connectivity index (χ0n) is 18.2. The second kappa shape index (κ2) is 10.3. The third-order valence-electron chi connectivity index (χ3n) is 6.26. The Bertz CT molecular complexity index is 1010. The first-order chi connectivity index (χ1) is 15.7. The molecule has 0 spiro atoms. The van der Waals surface area contributed by atoms with Crippen LogP contribution in [0.4, 0.5) is 0 Å². The van der Waals surface area contributed by atoms with Crippen molar-refractivity contribution >= 4 is 5.91 Å². The largest absolute Gasteiger partial charge is 0.372 e. The van der Waals surface area contributed by atoms with Crippen LogP contribution in [0.1, 0.15) is 36.0 Å². The summed E-state index contributed by atoms with van der Waals surface area (Å²) in [4.78, 5) is 14.9. The fourth-order valence-corrected chi connectivity index (χ4v) is 4.42. The second-order valence-corrected chi connectivity index (χ2v) is 8.30. The van der Waals surface area contributed by atoms with Crippen LogP contribution in [0.25, 0.3) is 0 Å². The fraction of sp³-hybridized carbons (Fsp3) is 0.286. The van der Waals surface area contributed by atoms with E-state index in [9.17, 15) is 10.1 Å². The highest BCUT2D eigenvalue weighted by Crippen LogP contribution is 2.36. The fourth-order valence-electron chi connectivity index (χ4n) is 4.42. The lowest BCUT2D eigenvalue weighted by Crippen LogP contribution is -2.33. The molecule has 0 aromatic heterocycles. The lowest BCUT2D eigenvalue weighted by Gasteiger charge is -2.28. The zero-order chi connectivity index (χ0) is 22.2. The van der Waals surface area contributed by atoms with Crippen molar-refractivity contribution in [3.63, 3.8) is 0 Å². The molecule has 0 N–H and O–H groups in total. The molecule has 4 rings (SSSR count). The number of carbonyl (C=O) groups is 1. The van der Waals surface area contributed by atoms with Crippen molar-refractivity contribution < 1.29 is 9.53 Å². The van der Waals surface area contributed by atoms with E-state index in [1.165, 1.54) is 0 Å². The number of carbonyl (C=O) groups excluding carboxylic acids is 1. The maximum absolute atomic E-state index is 13.1. The van der Waals surface area contributed by atoms with Gasteiger partial charge in [-0.15, -0.1) is 0 Å². The maximum Gasteiger partial charge on any atom is 0.222 e. The number of amides is 1. The Morgan fingerprint density at radius 1 is 0.938 bits per heavy atom. The van der Waals surface area contributed by atoms with Crippen LogP contribution in [0, 0.1) is 11.3 Å². The molecule has 162 valence electrons. The second-order valence-electron chi connectivity index (χ2n) is 8.30. The van der Waals surface area contributed by atoms with Gasteiger partial charge in [0.1, 0.15) is 5.41 Å². The third kappa shape index (κ3) is 4.90. The van der Waals surface area contributed by atoms with Crippen LogP contribution >= 0.6 is 0 Å². The molecule has 3 aromatic carbocycles. The van der Waals surface area contributed by atoms with Gasteiger partial charge in [0.2, 0.25) is 5.91 Å². The van der Waals surface area contributed by atoms with Gasteiger partial charge in [0, 0.05) is 19.5 Å². The molecule has 1 atom stereocenters. The molecule has 4 heteroatoms. The molecule has 32 heavy (non-hydrogen) atoms. The number of hydrogen-bond acceptors (Lipinski definition) is 3. The first kappa shape index (κ1) is 21.8. The summed E-state index contributed by atoms with van der Waals surface area (Å²) in [6.07, 6.45) is 1.67. The lowest BCUT2D eigenvalue weighted by molar-refractivity contribution is -0.131. The van der Waals surface area contributed by atoms with Crippen LogP contribution in [0.15, 0.2) is 91.0 Å². The molecule has 1 aliphatic heterocycles. The minimum Gasteiger partial charge on any atom is -0.372 e. The average Bonchev–Trinajstić information content (AvgIpc) is 3.35. The predicted octanol–water partition coefficient (Wildman–Crippen LogP) is 5.09. The summed E-state index contributed by atoms with van der Waals surface area (Å²) in [5, 5.41) is 10.3. The highest BCUT2D eigenvalue weighted by Gasteiger charge is 2.36. The van der Waals surface area contributed by atoms with Crippen LogP contribution in [-0.4, -0.2) is 30.0 Å². The van der Waals surface area contributed by atoms with Gasteiger partial charge in [-0.2, -0.15) is 5.26 Å². The van der Waals surface area contributed by atoms with Gasteiger partial charge >= 0.3 is 0 Å². The summed E-state index contributed by atoms with van der Waals surface area (Å²) in [5.41, 5.74) is 2.14. The molecule has 1 fully saturated rings. The van der Waals surface area contributed by atoms with Gasteiger partial charge in [0.05, 0.1) is 18.8 Å². The number of rotatable bonds is 8. The molecule has 0 bridgehead atoms. The SMILES string of the molecule is N#CC(CCC(=O)N1CC[C@@H](OCc2ccccc2)C1)(c1ccccc1)c1ccccc1. The van der Waals surface area contributed by atoms with E-state index in [2.05, 4.69) is 6.07 Å². The number of ether oxygens (including phenoxy) is 1. The van der Waals surface area contributed by atoms with Crippen molar-refractivity contribution in [2.45, 2.75) is 37.4 Å². The van der Waals surface area contributed by atoms with Gasteiger partial charge in [-0.05, 0) is 29.5 Å². The Balaban J connectivity index is 1.40. The smallest absolute Gasteiger partial charge is 0.222 e. The van der Waals surface area contributed by atoms with Crippen LogP contribution in [0.3, 0.4) is 0 Å². The number of nitrogens with zero attached hydrogens (tertiary/aromatic N) is 2. The molecule has 1 saturated heterocycles. The van der Waals surface area contributed by atoms with Crippen molar-refractivity contribution in [3.05, 3.63) is 108 Å². The molecule has 0 aliphatic carbocycles. The predicted molar refractivity (Wildman–Crippen MR) is 125 cm³/mol. The summed E-state index contributed by atoms with van der Waals surface area (Å²) >= 11 is 0. The van der Waals surface area contributed by atoms with Crippen LogP contribution in [0.2, 0.25) is 0 Å². The molecular formula is C28H28N2O2. The van der Waals surface area contributed by atoms with Crippen molar-refractivity contribution in [2.24, 2.45) is 0 Å². The minimum absolute atomic E-state index is 0.0585. The highest BCUT2D eigenvalue weighted by molar-refractivity contribution is 5.77. The number of hydrogen-bond donors (Lipinski definition) is 0. The van der Waals surface area contributed by atoms with Gasteiger partial charge in [-0.3, -0.25) is 4.79 Å². The number of likely N-dealkylation sites (tertiary alicyclic amines) is 1. The molecule has 4 nitrogen and oxygen atoms in total. The summed E-state index contributed by atoms with van der Waals surface area (Å²) in [5.74, 6) is 0.0855. The Kier molecular flexibility index (Phi) is 6.99. The van der Waals surface area contributed by atoms with Gasteiger partial charge < -0.3 is 9.64 Å². The lowest BCUT2D eigenvalue weighted by atomic mass is 9.72. The molecule has 1 aliphatic rings.